The molecule has 2 aromatic rings. The van der Waals surface area contributed by atoms with E-state index in [1.54, 1.807) is 30.3 Å². The van der Waals surface area contributed by atoms with Crippen LogP contribution in [0.4, 0.5) is 0 Å². The van der Waals surface area contributed by atoms with Crippen LogP contribution in [0.3, 0.4) is 0 Å². The topological polar surface area (TPSA) is 95.8 Å². The Morgan fingerprint density at radius 1 is 1.05 bits per heavy atom. The molecule has 0 aliphatic carbocycles. The zero-order valence-electron chi connectivity index (χ0n) is 10.8. The van der Waals surface area contributed by atoms with Crippen LogP contribution in [0, 0.1) is 0 Å². The second-order valence-corrected chi connectivity index (χ2v) is 5.72. The average Bonchev–Trinajstić information content (AvgIpc) is 2.48. The number of carboxylic acid groups (broad SMARTS) is 1. The molecular weight excluding hydrogens is 292 g/mol. The Balaban J connectivity index is 2.19. The summed E-state index contributed by atoms with van der Waals surface area (Å²) in [4.78, 5) is 13.1. The maximum atomic E-state index is 11.9. The van der Waals surface area contributed by atoms with Crippen LogP contribution in [-0.4, -0.2) is 25.7 Å². The smallest absolute Gasteiger partial charge is 0.336 e. The van der Waals surface area contributed by atoms with Crippen molar-refractivity contribution in [2.75, 3.05) is 0 Å². The lowest BCUT2D eigenvalue weighted by molar-refractivity contribution is 0.0696. The summed E-state index contributed by atoms with van der Waals surface area (Å²) in [6, 6.07) is 13.9. The fourth-order valence-electron chi connectivity index (χ4n) is 1.62. The van der Waals surface area contributed by atoms with Gasteiger partial charge in [-0.3, -0.25) is 0 Å². The predicted molar refractivity (Wildman–Crippen MR) is 77.8 cm³/mol. The van der Waals surface area contributed by atoms with Crippen LogP contribution >= 0.6 is 0 Å². The van der Waals surface area contributed by atoms with Gasteiger partial charge in [-0.25, -0.2) is 9.63 Å². The first-order chi connectivity index (χ1) is 10.0. The van der Waals surface area contributed by atoms with E-state index >= 15 is 0 Å². The van der Waals surface area contributed by atoms with Gasteiger partial charge in [0.2, 0.25) is 0 Å². The van der Waals surface area contributed by atoms with E-state index in [2.05, 4.69) is 5.10 Å². The van der Waals surface area contributed by atoms with E-state index < -0.39 is 16.0 Å². The first-order valence-electron chi connectivity index (χ1n) is 5.93. The molecule has 0 aliphatic rings. The third-order valence-electron chi connectivity index (χ3n) is 2.62. The lowest BCUT2D eigenvalue weighted by Gasteiger charge is -2.03. The van der Waals surface area contributed by atoms with Crippen molar-refractivity contribution in [2.24, 2.45) is 5.10 Å². The van der Waals surface area contributed by atoms with Gasteiger partial charge in [0.25, 0.3) is 10.0 Å². The SMILES string of the molecule is O=C(O)c1ccccc1/C=N\NS(=O)(=O)c1ccccc1. The molecule has 0 saturated heterocycles. The molecule has 0 bridgehead atoms. The van der Waals surface area contributed by atoms with Crippen molar-refractivity contribution in [3.8, 4) is 0 Å². The Morgan fingerprint density at radius 3 is 2.33 bits per heavy atom. The fourth-order valence-corrected chi connectivity index (χ4v) is 2.43. The van der Waals surface area contributed by atoms with E-state index in [9.17, 15) is 13.2 Å². The number of carbonyl (C=O) groups is 1. The minimum atomic E-state index is -3.76. The molecule has 21 heavy (non-hydrogen) atoms. The molecular formula is C14H12N2O4S. The number of aromatic carboxylic acids is 1. The summed E-state index contributed by atoms with van der Waals surface area (Å²) in [6.07, 6.45) is 1.16. The van der Waals surface area contributed by atoms with Crippen molar-refractivity contribution in [2.45, 2.75) is 4.90 Å². The number of carboxylic acids is 1. The zero-order chi connectivity index (χ0) is 15.3. The highest BCUT2D eigenvalue weighted by molar-refractivity contribution is 7.89. The summed E-state index contributed by atoms with van der Waals surface area (Å²) in [7, 11) is -3.76. The van der Waals surface area contributed by atoms with Crippen LogP contribution < -0.4 is 4.83 Å². The number of sulfonamides is 1. The zero-order valence-corrected chi connectivity index (χ0v) is 11.6. The van der Waals surface area contributed by atoms with Gasteiger partial charge in [-0.15, -0.1) is 0 Å². The summed E-state index contributed by atoms with van der Waals surface area (Å²) in [5.41, 5.74) is 0.348. The summed E-state index contributed by atoms with van der Waals surface area (Å²) in [5, 5.41) is 12.6. The molecule has 0 atom stereocenters. The number of nitrogens with zero attached hydrogens (tertiary/aromatic N) is 1. The van der Waals surface area contributed by atoms with Gasteiger partial charge in [0, 0.05) is 5.56 Å². The first kappa shape index (κ1) is 14.7. The fraction of sp³-hybridized carbons (Fsp3) is 0. The minimum Gasteiger partial charge on any atom is -0.478 e. The Bertz CT molecular complexity index is 771. The number of benzene rings is 2. The van der Waals surface area contributed by atoms with Crippen LogP contribution in [0.25, 0.3) is 0 Å². The van der Waals surface area contributed by atoms with E-state index in [4.69, 9.17) is 5.11 Å². The molecule has 0 saturated carbocycles. The monoisotopic (exact) mass is 304 g/mol. The van der Waals surface area contributed by atoms with Gasteiger partial charge in [0.15, 0.2) is 0 Å². The van der Waals surface area contributed by atoms with Crippen LogP contribution in [0.15, 0.2) is 64.6 Å². The van der Waals surface area contributed by atoms with Crippen molar-refractivity contribution in [3.05, 3.63) is 65.7 Å². The van der Waals surface area contributed by atoms with Crippen molar-refractivity contribution in [1.29, 1.82) is 0 Å². The van der Waals surface area contributed by atoms with Crippen molar-refractivity contribution in [1.82, 2.24) is 4.83 Å². The third kappa shape index (κ3) is 3.67. The molecule has 6 nitrogen and oxygen atoms in total. The molecule has 0 heterocycles. The number of hydrogen-bond donors (Lipinski definition) is 2. The van der Waals surface area contributed by atoms with Crippen LogP contribution in [0.2, 0.25) is 0 Å². The largest absolute Gasteiger partial charge is 0.478 e. The number of hydrazone groups is 1. The molecule has 0 aromatic heterocycles. The Hall–Kier alpha value is -2.67. The van der Waals surface area contributed by atoms with E-state index in [1.165, 1.54) is 24.3 Å². The van der Waals surface area contributed by atoms with Gasteiger partial charge in [-0.1, -0.05) is 36.4 Å². The summed E-state index contributed by atoms with van der Waals surface area (Å²) in [6.45, 7) is 0. The van der Waals surface area contributed by atoms with Crippen molar-refractivity contribution < 1.29 is 18.3 Å². The van der Waals surface area contributed by atoms with E-state index in [0.29, 0.717) is 5.56 Å². The summed E-state index contributed by atoms with van der Waals surface area (Å²) in [5.74, 6) is -1.11. The van der Waals surface area contributed by atoms with Gasteiger partial charge in [0.1, 0.15) is 0 Å². The molecule has 0 fully saturated rings. The first-order valence-corrected chi connectivity index (χ1v) is 7.41. The molecule has 0 amide bonds. The lowest BCUT2D eigenvalue weighted by atomic mass is 10.1. The second-order valence-electron chi connectivity index (χ2n) is 4.06. The Kier molecular flexibility index (Phi) is 4.34. The Morgan fingerprint density at radius 2 is 1.67 bits per heavy atom. The molecule has 2 aromatic carbocycles. The van der Waals surface area contributed by atoms with Gasteiger partial charge >= 0.3 is 5.97 Å². The quantitative estimate of drug-likeness (QED) is 0.649. The van der Waals surface area contributed by atoms with Gasteiger partial charge < -0.3 is 5.11 Å². The predicted octanol–water partition coefficient (Wildman–Crippen LogP) is 1.70. The van der Waals surface area contributed by atoms with Crippen molar-refractivity contribution >= 4 is 22.2 Å². The molecule has 7 heteroatoms. The molecule has 108 valence electrons. The summed E-state index contributed by atoms with van der Waals surface area (Å²) >= 11 is 0. The lowest BCUT2D eigenvalue weighted by Crippen LogP contribution is -2.18. The highest BCUT2D eigenvalue weighted by Gasteiger charge is 2.11. The van der Waals surface area contributed by atoms with Crippen molar-refractivity contribution in [3.63, 3.8) is 0 Å². The number of nitrogens with one attached hydrogen (secondary N) is 1. The third-order valence-corrected chi connectivity index (χ3v) is 3.86. The highest BCUT2D eigenvalue weighted by atomic mass is 32.2. The van der Waals surface area contributed by atoms with Gasteiger partial charge in [0.05, 0.1) is 16.7 Å². The van der Waals surface area contributed by atoms with E-state index in [0.717, 1.165) is 6.21 Å². The highest BCUT2D eigenvalue weighted by Crippen LogP contribution is 2.08. The van der Waals surface area contributed by atoms with Crippen LogP contribution in [-0.2, 0) is 10.0 Å². The minimum absolute atomic E-state index is 0.0418. The van der Waals surface area contributed by atoms with Crippen LogP contribution in [0.5, 0.6) is 0 Å². The molecule has 2 rings (SSSR count). The summed E-state index contributed by atoms with van der Waals surface area (Å²) < 4.78 is 23.8. The van der Waals surface area contributed by atoms with Crippen LogP contribution in [0.1, 0.15) is 15.9 Å². The molecule has 2 N–H and O–H groups in total. The molecule has 0 radical (unpaired) electrons. The molecule has 0 aliphatic heterocycles. The van der Waals surface area contributed by atoms with E-state index in [-0.39, 0.29) is 10.5 Å². The van der Waals surface area contributed by atoms with Gasteiger partial charge in [-0.05, 0) is 18.2 Å². The van der Waals surface area contributed by atoms with Gasteiger partial charge in [-0.2, -0.15) is 13.5 Å². The second kappa shape index (κ2) is 6.19. The Labute approximate surface area is 121 Å². The number of rotatable bonds is 5. The molecule has 0 spiro atoms. The maximum Gasteiger partial charge on any atom is 0.336 e. The number of hydrogen-bond acceptors (Lipinski definition) is 4. The average molecular weight is 304 g/mol. The maximum absolute atomic E-state index is 11.9. The standard InChI is InChI=1S/C14H12N2O4S/c17-14(18)13-9-5-4-6-11(13)10-15-16-21(19,20)12-7-2-1-3-8-12/h1-10,16H,(H,17,18)/b15-10-. The normalized spacial score (nSPS) is 11.4. The molecule has 0 unspecified atom stereocenters. The van der Waals surface area contributed by atoms with E-state index in [1.807, 2.05) is 4.83 Å².